The molecule has 0 aliphatic rings. The summed E-state index contributed by atoms with van der Waals surface area (Å²) in [7, 11) is -3.44. The Morgan fingerprint density at radius 2 is 1.76 bits per heavy atom. The summed E-state index contributed by atoms with van der Waals surface area (Å²) in [6.07, 6.45) is 1.03. The molecule has 0 spiro atoms. The molecular formula is C15H26N2O3S. The van der Waals surface area contributed by atoms with Crippen molar-refractivity contribution in [1.29, 1.82) is 0 Å². The van der Waals surface area contributed by atoms with Gasteiger partial charge in [-0.15, -0.1) is 0 Å². The Morgan fingerprint density at radius 3 is 2.33 bits per heavy atom. The van der Waals surface area contributed by atoms with Gasteiger partial charge in [0.05, 0.1) is 11.5 Å². The molecule has 0 aliphatic heterocycles. The van der Waals surface area contributed by atoms with Gasteiger partial charge in [0.1, 0.15) is 5.75 Å². The second kappa shape index (κ2) is 9.02. The highest BCUT2D eigenvalue weighted by Gasteiger charge is 2.13. The number of ether oxygens (including phenoxy) is 1. The fraction of sp³-hybridized carbons (Fsp3) is 0.600. The van der Waals surface area contributed by atoms with E-state index < -0.39 is 10.0 Å². The van der Waals surface area contributed by atoms with Gasteiger partial charge in [0.25, 0.3) is 0 Å². The molecule has 0 fully saturated rings. The van der Waals surface area contributed by atoms with Crippen LogP contribution in [0.5, 0.6) is 5.75 Å². The molecule has 0 saturated heterocycles. The molecule has 0 unspecified atom stereocenters. The van der Waals surface area contributed by atoms with Gasteiger partial charge in [-0.1, -0.05) is 20.8 Å². The third-order valence-corrected chi connectivity index (χ3v) is 4.21. The lowest BCUT2D eigenvalue weighted by Gasteiger charge is -2.10. The van der Waals surface area contributed by atoms with Crippen molar-refractivity contribution in [3.8, 4) is 5.75 Å². The standard InChI is InChI=1S/C15H26N2O3S/c1-4-9-16-10-11-17-21(18,19)15-7-5-14(6-8-15)20-12-13(2)3/h5-8,13,16-17H,4,9-12H2,1-3H3. The number of nitrogens with one attached hydrogen (secondary N) is 2. The van der Waals surface area contributed by atoms with Crippen LogP contribution >= 0.6 is 0 Å². The van der Waals surface area contributed by atoms with Gasteiger partial charge in [-0.2, -0.15) is 0 Å². The molecule has 5 nitrogen and oxygen atoms in total. The molecule has 0 saturated carbocycles. The van der Waals surface area contributed by atoms with Crippen molar-refractivity contribution in [2.45, 2.75) is 32.1 Å². The smallest absolute Gasteiger partial charge is 0.240 e. The van der Waals surface area contributed by atoms with Crippen molar-refractivity contribution in [2.24, 2.45) is 5.92 Å². The summed E-state index contributed by atoms with van der Waals surface area (Å²) in [6, 6.07) is 6.51. The molecule has 6 heteroatoms. The molecule has 1 aromatic rings. The zero-order valence-corrected chi connectivity index (χ0v) is 13.9. The van der Waals surface area contributed by atoms with Crippen molar-refractivity contribution in [2.75, 3.05) is 26.2 Å². The topological polar surface area (TPSA) is 67.4 Å². The average molecular weight is 314 g/mol. The maximum absolute atomic E-state index is 12.1. The van der Waals surface area contributed by atoms with E-state index >= 15 is 0 Å². The van der Waals surface area contributed by atoms with Gasteiger partial charge in [0.2, 0.25) is 10.0 Å². The molecule has 0 aromatic heterocycles. The molecule has 0 bridgehead atoms. The molecular weight excluding hydrogens is 288 g/mol. The average Bonchev–Trinajstić information content (AvgIpc) is 2.45. The van der Waals surface area contributed by atoms with Crippen LogP contribution in [0.25, 0.3) is 0 Å². The second-order valence-electron chi connectivity index (χ2n) is 5.32. The van der Waals surface area contributed by atoms with E-state index in [1.807, 2.05) is 0 Å². The van der Waals surface area contributed by atoms with E-state index in [4.69, 9.17) is 4.74 Å². The van der Waals surface area contributed by atoms with Gasteiger partial charge in [0.15, 0.2) is 0 Å². The number of sulfonamides is 1. The summed E-state index contributed by atoms with van der Waals surface area (Å²) < 4.78 is 32.2. The highest BCUT2D eigenvalue weighted by molar-refractivity contribution is 7.89. The SMILES string of the molecule is CCCNCCNS(=O)(=O)c1ccc(OCC(C)C)cc1. The first-order chi connectivity index (χ1) is 9.95. The summed E-state index contributed by atoms with van der Waals surface area (Å²) in [4.78, 5) is 0.259. The zero-order valence-electron chi connectivity index (χ0n) is 13.1. The highest BCUT2D eigenvalue weighted by Crippen LogP contribution is 2.16. The number of rotatable bonds is 10. The van der Waals surface area contributed by atoms with Crippen LogP contribution in [0.3, 0.4) is 0 Å². The van der Waals surface area contributed by atoms with Crippen molar-refractivity contribution in [1.82, 2.24) is 10.0 Å². The molecule has 21 heavy (non-hydrogen) atoms. The van der Waals surface area contributed by atoms with Crippen molar-refractivity contribution in [3.63, 3.8) is 0 Å². The van der Waals surface area contributed by atoms with Gasteiger partial charge in [-0.25, -0.2) is 13.1 Å². The molecule has 2 N–H and O–H groups in total. The van der Waals surface area contributed by atoms with Crippen LogP contribution in [-0.2, 0) is 10.0 Å². The van der Waals surface area contributed by atoms with E-state index in [1.165, 1.54) is 0 Å². The molecule has 0 radical (unpaired) electrons. The summed E-state index contributed by atoms with van der Waals surface area (Å²) >= 11 is 0. The van der Waals surface area contributed by atoms with E-state index in [0.717, 1.165) is 13.0 Å². The molecule has 0 heterocycles. The lowest BCUT2D eigenvalue weighted by molar-refractivity contribution is 0.271. The van der Waals surface area contributed by atoms with Crippen LogP contribution in [0.4, 0.5) is 0 Å². The largest absolute Gasteiger partial charge is 0.493 e. The molecule has 0 amide bonds. The number of hydrogen-bond acceptors (Lipinski definition) is 4. The fourth-order valence-electron chi connectivity index (χ4n) is 1.64. The van der Waals surface area contributed by atoms with Gasteiger partial charge in [0, 0.05) is 13.1 Å². The Labute approximate surface area is 128 Å². The minimum absolute atomic E-state index is 0.259. The Morgan fingerprint density at radius 1 is 1.10 bits per heavy atom. The first-order valence-corrected chi connectivity index (χ1v) is 8.87. The third kappa shape index (κ3) is 6.93. The summed E-state index contributed by atoms with van der Waals surface area (Å²) in [6.45, 7) is 8.72. The van der Waals surface area contributed by atoms with Gasteiger partial charge < -0.3 is 10.1 Å². The zero-order chi connectivity index (χ0) is 15.7. The Bertz CT molecular complexity index is 498. The molecule has 0 atom stereocenters. The third-order valence-electron chi connectivity index (χ3n) is 2.74. The van der Waals surface area contributed by atoms with E-state index in [9.17, 15) is 8.42 Å². The van der Waals surface area contributed by atoms with E-state index in [2.05, 4.69) is 30.8 Å². The predicted octanol–water partition coefficient (Wildman–Crippen LogP) is 2.00. The maximum atomic E-state index is 12.1. The quantitative estimate of drug-likeness (QED) is 0.648. The molecule has 1 rings (SSSR count). The minimum Gasteiger partial charge on any atom is -0.493 e. The Kier molecular flexibility index (Phi) is 7.71. The summed E-state index contributed by atoms with van der Waals surface area (Å²) in [5.41, 5.74) is 0. The fourth-order valence-corrected chi connectivity index (χ4v) is 2.67. The predicted molar refractivity (Wildman–Crippen MR) is 85.1 cm³/mol. The van der Waals surface area contributed by atoms with E-state index in [0.29, 0.717) is 31.4 Å². The monoisotopic (exact) mass is 314 g/mol. The molecule has 120 valence electrons. The normalized spacial score (nSPS) is 11.8. The van der Waals surface area contributed by atoms with Crippen LogP contribution in [-0.4, -0.2) is 34.7 Å². The lowest BCUT2D eigenvalue weighted by Crippen LogP contribution is -2.32. The lowest BCUT2D eigenvalue weighted by atomic mass is 10.2. The van der Waals surface area contributed by atoms with Crippen molar-refractivity contribution >= 4 is 10.0 Å². The molecule has 0 aliphatic carbocycles. The highest BCUT2D eigenvalue weighted by atomic mass is 32.2. The summed E-state index contributed by atoms with van der Waals surface area (Å²) in [5.74, 6) is 1.12. The van der Waals surface area contributed by atoms with Crippen LogP contribution in [0.1, 0.15) is 27.2 Å². The Balaban J connectivity index is 2.51. The minimum atomic E-state index is -3.44. The van der Waals surface area contributed by atoms with Crippen molar-refractivity contribution < 1.29 is 13.2 Å². The first kappa shape index (κ1) is 17.9. The summed E-state index contributed by atoms with van der Waals surface area (Å²) in [5, 5.41) is 3.15. The maximum Gasteiger partial charge on any atom is 0.240 e. The van der Waals surface area contributed by atoms with Crippen LogP contribution in [0, 0.1) is 5.92 Å². The number of hydrogen-bond donors (Lipinski definition) is 2. The van der Waals surface area contributed by atoms with Gasteiger partial charge in [-0.3, -0.25) is 0 Å². The van der Waals surface area contributed by atoms with E-state index in [1.54, 1.807) is 24.3 Å². The van der Waals surface area contributed by atoms with E-state index in [-0.39, 0.29) is 4.90 Å². The van der Waals surface area contributed by atoms with Crippen molar-refractivity contribution in [3.05, 3.63) is 24.3 Å². The first-order valence-electron chi connectivity index (χ1n) is 7.39. The van der Waals surface area contributed by atoms with Crippen LogP contribution in [0.15, 0.2) is 29.2 Å². The van der Waals surface area contributed by atoms with Crippen LogP contribution in [0.2, 0.25) is 0 Å². The second-order valence-corrected chi connectivity index (χ2v) is 7.09. The van der Waals surface area contributed by atoms with Crippen LogP contribution < -0.4 is 14.8 Å². The molecule has 1 aromatic carbocycles. The Hall–Kier alpha value is -1.11. The van der Waals surface area contributed by atoms with Gasteiger partial charge >= 0.3 is 0 Å². The number of benzene rings is 1. The van der Waals surface area contributed by atoms with Gasteiger partial charge in [-0.05, 0) is 43.1 Å².